The molecule has 0 radical (unpaired) electrons. The summed E-state index contributed by atoms with van der Waals surface area (Å²) in [5.74, 6) is -6.33. The molecule has 0 aromatic carbocycles. The van der Waals surface area contributed by atoms with E-state index in [4.69, 9.17) is 5.11 Å². The SMILES string of the molecule is CC(=O)C(=O)[O-].CC(=O)C(=O)[O-].C[N+](C)(C)C[C@H](O)CC(=O)[O-].[Ca+2]. The standard InChI is InChI=1S/C7H15NO3.2C3H4O3.Ca/c1-8(2,3)5-6(9)4-7(10)11;2*1-2(4)3(5)6;/h6,9H,4-5H2,1-3H3;2*1H3,(H,5,6);/q;;;+2/p-2/t6-;;;/m1.../s1. The monoisotopic (exact) mass is 375 g/mol. The van der Waals surface area contributed by atoms with E-state index >= 15 is 0 Å². The van der Waals surface area contributed by atoms with Gasteiger partial charge >= 0.3 is 37.7 Å². The number of carboxylic acids is 3. The first kappa shape index (κ1) is 30.8. The van der Waals surface area contributed by atoms with Crippen LogP contribution in [0, 0.1) is 0 Å². The summed E-state index contributed by atoms with van der Waals surface area (Å²) in [6.07, 6.45) is -1.09. The maximum Gasteiger partial charge on any atom is 2.00 e. The van der Waals surface area contributed by atoms with Crippen LogP contribution in [0.5, 0.6) is 0 Å². The topological polar surface area (TPSA) is 175 Å². The number of rotatable bonds is 6. The smallest absolute Gasteiger partial charge is 0.550 e. The number of likely N-dealkylation sites (N-methyl/N-ethyl adjacent to an activating group) is 1. The normalized spacial score (nSPS) is 10.4. The zero-order valence-electron chi connectivity index (χ0n) is 14.4. The maximum absolute atomic E-state index is 10.0. The number of hydrogen-bond acceptors (Lipinski definition) is 9. The van der Waals surface area contributed by atoms with Crippen LogP contribution in [0.15, 0.2) is 0 Å². The molecule has 0 heterocycles. The summed E-state index contributed by atoms with van der Waals surface area (Å²) in [5, 5.41) is 37.6. The van der Waals surface area contributed by atoms with Gasteiger partial charge in [-0.2, -0.15) is 0 Å². The molecule has 0 amide bonds. The van der Waals surface area contributed by atoms with E-state index in [9.17, 15) is 39.3 Å². The number of hydrogen-bond donors (Lipinski definition) is 1. The second-order valence-electron chi connectivity index (χ2n) is 5.39. The van der Waals surface area contributed by atoms with E-state index in [0.717, 1.165) is 13.8 Å². The number of ketones is 2. The number of aliphatic hydroxyl groups is 1. The zero-order valence-corrected chi connectivity index (χ0v) is 16.6. The molecule has 0 spiro atoms. The molecule has 0 aliphatic heterocycles. The third-order valence-electron chi connectivity index (χ3n) is 1.74. The van der Waals surface area contributed by atoms with E-state index in [1.165, 1.54) is 0 Å². The summed E-state index contributed by atoms with van der Waals surface area (Å²) in [4.78, 5) is 47.5. The Morgan fingerprint density at radius 2 is 1.12 bits per heavy atom. The summed E-state index contributed by atoms with van der Waals surface area (Å²) < 4.78 is 0.550. The van der Waals surface area contributed by atoms with Crippen molar-refractivity contribution >= 4 is 67.2 Å². The molecule has 0 saturated heterocycles. The number of Topliss-reactive ketones (excluding diaryl/α,β-unsaturated/α-hetero) is 2. The van der Waals surface area contributed by atoms with Crippen LogP contribution in [0.1, 0.15) is 20.3 Å². The second-order valence-corrected chi connectivity index (χ2v) is 5.39. The van der Waals surface area contributed by atoms with Gasteiger partial charge in [0.15, 0.2) is 11.6 Å². The van der Waals surface area contributed by atoms with Gasteiger partial charge in [0.2, 0.25) is 0 Å². The fraction of sp³-hybridized carbons (Fsp3) is 0.615. The van der Waals surface area contributed by atoms with Crippen LogP contribution in [-0.4, -0.2) is 111 Å². The molecule has 1 N–H and O–H groups in total. The van der Waals surface area contributed by atoms with Crippen molar-refractivity contribution < 1.29 is 48.9 Å². The molecule has 11 heteroatoms. The molecule has 0 fully saturated rings. The molecule has 0 aromatic heterocycles. The van der Waals surface area contributed by atoms with Gasteiger partial charge in [-0.05, 0) is 0 Å². The van der Waals surface area contributed by atoms with E-state index in [0.29, 0.717) is 11.0 Å². The average Bonchev–Trinajstić information content (AvgIpc) is 2.25. The van der Waals surface area contributed by atoms with Gasteiger partial charge in [-0.15, -0.1) is 0 Å². The Bertz CT molecular complexity index is 395. The van der Waals surface area contributed by atoms with Crippen molar-refractivity contribution in [3.8, 4) is 0 Å². The number of nitrogens with zero attached hydrogens (tertiary/aromatic N) is 1. The summed E-state index contributed by atoms with van der Waals surface area (Å²) in [6.45, 7) is 2.30. The van der Waals surface area contributed by atoms with E-state index in [2.05, 4.69) is 0 Å². The van der Waals surface area contributed by atoms with Gasteiger partial charge in [0.05, 0.1) is 21.1 Å². The van der Waals surface area contributed by atoms with Crippen LogP contribution in [0.25, 0.3) is 0 Å². The Labute approximate surface area is 169 Å². The van der Waals surface area contributed by atoms with Gasteiger partial charge in [0, 0.05) is 26.2 Å². The Balaban J connectivity index is -0.000000132. The average molecular weight is 375 g/mol. The minimum absolute atomic E-state index is 0. The first-order valence-corrected chi connectivity index (χ1v) is 6.22. The Kier molecular flexibility index (Phi) is 19.8. The summed E-state index contributed by atoms with van der Waals surface area (Å²) in [5.41, 5.74) is 0. The predicted molar refractivity (Wildman–Crippen MR) is 75.7 cm³/mol. The minimum atomic E-state index is -1.63. The molecule has 0 bridgehead atoms. The maximum atomic E-state index is 10.0. The number of carbonyl (C=O) groups excluding carboxylic acids is 5. The summed E-state index contributed by atoms with van der Waals surface area (Å²) >= 11 is 0. The molecule has 134 valence electrons. The molecule has 0 aliphatic carbocycles. The third-order valence-corrected chi connectivity index (χ3v) is 1.74. The van der Waals surface area contributed by atoms with Crippen molar-refractivity contribution in [1.82, 2.24) is 0 Å². The molecule has 10 nitrogen and oxygen atoms in total. The molecular formula is C13H21CaNO9. The molecule has 0 saturated carbocycles. The second kappa shape index (κ2) is 15.5. The van der Waals surface area contributed by atoms with E-state index in [1.54, 1.807) is 0 Å². The molecule has 0 aromatic rings. The van der Waals surface area contributed by atoms with Crippen molar-refractivity contribution in [1.29, 1.82) is 0 Å². The third kappa shape index (κ3) is 32.8. The van der Waals surface area contributed by atoms with E-state index in [1.807, 2.05) is 21.1 Å². The van der Waals surface area contributed by atoms with Gasteiger partial charge in [0.25, 0.3) is 0 Å². The van der Waals surface area contributed by atoms with Crippen molar-refractivity contribution in [3.63, 3.8) is 0 Å². The quantitative estimate of drug-likeness (QED) is 0.269. The minimum Gasteiger partial charge on any atom is -0.550 e. The molecule has 24 heavy (non-hydrogen) atoms. The Morgan fingerprint density at radius 3 is 1.25 bits per heavy atom. The van der Waals surface area contributed by atoms with Crippen LogP contribution < -0.4 is 15.3 Å². The first-order chi connectivity index (χ1) is 10.1. The fourth-order valence-electron chi connectivity index (χ4n) is 0.889. The number of carboxylic acid groups (broad SMARTS) is 3. The molecule has 0 rings (SSSR count). The van der Waals surface area contributed by atoms with E-state index < -0.39 is 35.6 Å². The van der Waals surface area contributed by atoms with Gasteiger partial charge in [-0.3, -0.25) is 9.59 Å². The van der Waals surface area contributed by atoms with Crippen LogP contribution in [-0.2, 0) is 24.0 Å². The van der Waals surface area contributed by atoms with Crippen LogP contribution in [0.4, 0.5) is 0 Å². The number of quaternary nitrogens is 1. The van der Waals surface area contributed by atoms with Crippen molar-refractivity contribution in [2.24, 2.45) is 0 Å². The van der Waals surface area contributed by atoms with Crippen molar-refractivity contribution in [2.45, 2.75) is 26.4 Å². The first-order valence-electron chi connectivity index (χ1n) is 6.22. The number of aliphatic hydroxyl groups excluding tert-OH is 1. The van der Waals surface area contributed by atoms with Gasteiger partial charge < -0.3 is 39.3 Å². The summed E-state index contributed by atoms with van der Waals surface area (Å²) in [6, 6.07) is 0. The largest absolute Gasteiger partial charge is 2.00 e. The van der Waals surface area contributed by atoms with Crippen molar-refractivity contribution in [3.05, 3.63) is 0 Å². The van der Waals surface area contributed by atoms with E-state index in [-0.39, 0.29) is 44.2 Å². The molecule has 1 atom stereocenters. The Hall–Kier alpha value is -1.07. The number of aliphatic carboxylic acids is 3. The molecule has 0 unspecified atom stereocenters. The predicted octanol–water partition coefficient (Wildman–Crippen LogP) is -5.54. The van der Waals surface area contributed by atoms with Gasteiger partial charge in [-0.1, -0.05) is 0 Å². The van der Waals surface area contributed by atoms with Gasteiger partial charge in [-0.25, -0.2) is 0 Å². The fourth-order valence-corrected chi connectivity index (χ4v) is 0.889. The van der Waals surface area contributed by atoms with Crippen molar-refractivity contribution in [2.75, 3.05) is 27.7 Å². The van der Waals surface area contributed by atoms with Crippen LogP contribution in [0.2, 0.25) is 0 Å². The Morgan fingerprint density at radius 1 is 0.875 bits per heavy atom. The van der Waals surface area contributed by atoms with Crippen LogP contribution >= 0.6 is 0 Å². The zero-order chi connectivity index (χ0) is 19.4. The summed E-state index contributed by atoms with van der Waals surface area (Å²) in [7, 11) is 5.66. The molecule has 0 aliphatic rings. The number of carbonyl (C=O) groups is 5. The van der Waals surface area contributed by atoms with Gasteiger partial charge in [0.1, 0.15) is 24.6 Å². The van der Waals surface area contributed by atoms with Crippen LogP contribution in [0.3, 0.4) is 0 Å². The molecular weight excluding hydrogens is 354 g/mol.